The molecule has 0 aromatic heterocycles. The highest BCUT2D eigenvalue weighted by Crippen LogP contribution is 2.77. The third kappa shape index (κ3) is 2.12. The summed E-state index contributed by atoms with van der Waals surface area (Å²) in [6.07, 6.45) is -4.67. The SMILES string of the molecule is O=C1[C@@H]2[C@H](C(=O)N1c1cccc(C(F)(F)F)c1)[C@]1(Cl)C(Cl)=C(Cl)[C@]2(Cl)C1(Cl)Cl. The Morgan fingerprint density at radius 3 is 1.79 bits per heavy atom. The van der Waals surface area contributed by atoms with Gasteiger partial charge in [-0.3, -0.25) is 9.59 Å². The highest BCUT2D eigenvalue weighted by molar-refractivity contribution is 6.67. The summed E-state index contributed by atoms with van der Waals surface area (Å²) in [6.45, 7) is 0. The molecule has 4 atom stereocenters. The Morgan fingerprint density at radius 1 is 0.893 bits per heavy atom. The van der Waals surface area contributed by atoms with Crippen LogP contribution in [0.5, 0.6) is 0 Å². The number of anilines is 1. The Kier molecular flexibility index (Phi) is 4.37. The second-order valence-electron chi connectivity index (χ2n) is 6.64. The van der Waals surface area contributed by atoms with Gasteiger partial charge in [-0.05, 0) is 18.2 Å². The number of rotatable bonds is 1. The predicted octanol–water partition coefficient (Wildman–Crippen LogP) is 5.66. The molecule has 3 nitrogen and oxygen atoms in total. The van der Waals surface area contributed by atoms with Gasteiger partial charge in [-0.2, -0.15) is 13.2 Å². The summed E-state index contributed by atoms with van der Waals surface area (Å²) >= 11 is 38.1. The van der Waals surface area contributed by atoms with Crippen LogP contribution in [0.3, 0.4) is 0 Å². The van der Waals surface area contributed by atoms with E-state index in [-0.39, 0.29) is 15.8 Å². The molecule has 2 fully saturated rings. The smallest absolute Gasteiger partial charge is 0.274 e. The number of benzene rings is 1. The second-order valence-corrected chi connectivity index (χ2v) is 9.92. The highest BCUT2D eigenvalue weighted by Gasteiger charge is 2.87. The molecule has 12 heteroatoms. The van der Waals surface area contributed by atoms with Crippen molar-refractivity contribution < 1.29 is 22.8 Å². The van der Waals surface area contributed by atoms with Crippen molar-refractivity contribution in [1.82, 2.24) is 0 Å². The molecule has 1 aromatic rings. The molecule has 2 amide bonds. The van der Waals surface area contributed by atoms with Crippen molar-refractivity contribution in [2.45, 2.75) is 20.3 Å². The fourth-order valence-corrected chi connectivity index (χ4v) is 7.00. The van der Waals surface area contributed by atoms with Crippen molar-refractivity contribution in [3.05, 3.63) is 39.9 Å². The van der Waals surface area contributed by atoms with Crippen LogP contribution in [-0.4, -0.2) is 25.9 Å². The average Bonchev–Trinajstić information content (AvgIpc) is 2.99. The zero-order chi connectivity index (χ0) is 21.0. The summed E-state index contributed by atoms with van der Waals surface area (Å²) in [4.78, 5) is 22.7. The molecule has 1 saturated carbocycles. The van der Waals surface area contributed by atoms with Crippen molar-refractivity contribution in [1.29, 1.82) is 0 Å². The van der Waals surface area contributed by atoms with Crippen LogP contribution >= 0.6 is 69.6 Å². The van der Waals surface area contributed by atoms with Crippen molar-refractivity contribution in [3.8, 4) is 0 Å². The lowest BCUT2D eigenvalue weighted by Gasteiger charge is -2.34. The molecule has 4 rings (SSSR count). The molecule has 1 aliphatic heterocycles. The molecule has 2 aliphatic carbocycles. The number of nitrogens with zero attached hydrogens (tertiary/aromatic N) is 1. The number of imide groups is 1. The zero-order valence-corrected chi connectivity index (χ0v) is 17.7. The van der Waals surface area contributed by atoms with Crippen LogP contribution in [0.25, 0.3) is 0 Å². The number of halogens is 9. The molecular weight excluding hydrogens is 508 g/mol. The van der Waals surface area contributed by atoms with Crippen LogP contribution in [0.4, 0.5) is 18.9 Å². The van der Waals surface area contributed by atoms with Gasteiger partial charge in [0.25, 0.3) is 0 Å². The number of carbonyl (C=O) groups is 2. The van der Waals surface area contributed by atoms with Crippen LogP contribution in [-0.2, 0) is 15.8 Å². The van der Waals surface area contributed by atoms with Gasteiger partial charge in [0.2, 0.25) is 11.8 Å². The van der Waals surface area contributed by atoms with E-state index in [1.807, 2.05) is 0 Å². The molecule has 1 saturated heterocycles. The monoisotopic (exact) mass is 511 g/mol. The van der Waals surface area contributed by atoms with E-state index in [1.165, 1.54) is 6.07 Å². The molecular formula is C16H6Cl6F3NO2. The second kappa shape index (κ2) is 5.86. The minimum absolute atomic E-state index is 0.274. The third-order valence-electron chi connectivity index (χ3n) is 5.34. The molecule has 3 aliphatic rings. The van der Waals surface area contributed by atoms with Crippen LogP contribution in [0.15, 0.2) is 34.3 Å². The first-order valence-electron chi connectivity index (χ1n) is 7.59. The van der Waals surface area contributed by atoms with E-state index >= 15 is 0 Å². The quantitative estimate of drug-likeness (QED) is 0.359. The van der Waals surface area contributed by atoms with Gasteiger partial charge in [0.15, 0.2) is 4.33 Å². The minimum Gasteiger partial charge on any atom is -0.274 e. The van der Waals surface area contributed by atoms with Gasteiger partial charge in [-0.1, -0.05) is 52.5 Å². The van der Waals surface area contributed by atoms with E-state index in [4.69, 9.17) is 69.6 Å². The third-order valence-corrected chi connectivity index (χ3v) is 9.60. The fraction of sp³-hybridized carbons (Fsp3) is 0.375. The van der Waals surface area contributed by atoms with Crippen LogP contribution in [0.2, 0.25) is 0 Å². The Balaban J connectivity index is 1.87. The number of amides is 2. The molecule has 1 aromatic carbocycles. The van der Waals surface area contributed by atoms with Crippen molar-refractivity contribution in [3.63, 3.8) is 0 Å². The first kappa shape index (κ1) is 20.9. The Morgan fingerprint density at radius 2 is 1.36 bits per heavy atom. The Hall–Kier alpha value is -0.370. The summed E-state index contributed by atoms with van der Waals surface area (Å²) in [7, 11) is 0. The van der Waals surface area contributed by atoms with Crippen molar-refractivity contribution >= 4 is 87.1 Å². The van der Waals surface area contributed by atoms with Gasteiger partial charge in [-0.25, -0.2) is 4.90 Å². The standard InChI is InChI=1S/C16H6Cl6F3NO2/c17-9-10(18)14(20)8-7(13(9,19)16(14,21)22)11(27)26(12(8)28)6-3-1-2-5(4-6)15(23,24)25/h1-4,7-8H/t7-,8+,13-,14-/m0/s1. The van der Waals surface area contributed by atoms with Gasteiger partial charge < -0.3 is 0 Å². The van der Waals surface area contributed by atoms with Crippen LogP contribution in [0.1, 0.15) is 5.56 Å². The molecule has 0 N–H and O–H groups in total. The zero-order valence-electron chi connectivity index (χ0n) is 13.1. The van der Waals surface area contributed by atoms with Gasteiger partial charge >= 0.3 is 6.18 Å². The molecule has 1 heterocycles. The number of fused-ring (bicyclic) bond motifs is 5. The van der Waals surface area contributed by atoms with Crippen LogP contribution < -0.4 is 4.90 Å². The van der Waals surface area contributed by atoms with E-state index < -0.39 is 49.5 Å². The van der Waals surface area contributed by atoms with E-state index in [9.17, 15) is 22.8 Å². The summed E-state index contributed by atoms with van der Waals surface area (Å²) in [6, 6.07) is 3.73. The molecule has 0 unspecified atom stereocenters. The molecule has 0 spiro atoms. The minimum atomic E-state index is -4.67. The number of hydrogen-bond acceptors (Lipinski definition) is 2. The van der Waals surface area contributed by atoms with E-state index in [2.05, 4.69) is 0 Å². The van der Waals surface area contributed by atoms with Gasteiger partial charge in [0.1, 0.15) is 9.75 Å². The number of carbonyl (C=O) groups excluding carboxylic acids is 2. The van der Waals surface area contributed by atoms with E-state index in [1.54, 1.807) is 0 Å². The fourth-order valence-electron chi connectivity index (χ4n) is 4.07. The topological polar surface area (TPSA) is 37.4 Å². The van der Waals surface area contributed by atoms with E-state index in [0.717, 1.165) is 12.1 Å². The highest BCUT2D eigenvalue weighted by atomic mass is 35.5. The molecule has 150 valence electrons. The number of hydrogen-bond donors (Lipinski definition) is 0. The summed E-state index contributed by atoms with van der Waals surface area (Å²) < 4.78 is 37.0. The molecule has 0 radical (unpaired) electrons. The van der Waals surface area contributed by atoms with E-state index in [0.29, 0.717) is 11.0 Å². The van der Waals surface area contributed by atoms with Crippen LogP contribution in [0, 0.1) is 11.8 Å². The summed E-state index contributed by atoms with van der Waals surface area (Å²) in [5.74, 6) is -4.64. The largest absolute Gasteiger partial charge is 0.416 e. The lowest BCUT2D eigenvalue weighted by molar-refractivity contribution is -0.137. The number of alkyl halides is 7. The Bertz CT molecular complexity index is 933. The molecule has 28 heavy (non-hydrogen) atoms. The average molecular weight is 514 g/mol. The maximum absolute atomic E-state index is 13.1. The molecule has 2 bridgehead atoms. The lowest BCUT2D eigenvalue weighted by atomic mass is 9.84. The summed E-state index contributed by atoms with van der Waals surface area (Å²) in [5.41, 5.74) is -1.33. The Labute approximate surface area is 186 Å². The normalized spacial score (nSPS) is 36.5. The van der Waals surface area contributed by atoms with Gasteiger partial charge in [-0.15, -0.1) is 23.2 Å². The van der Waals surface area contributed by atoms with Crippen molar-refractivity contribution in [2.75, 3.05) is 4.90 Å². The number of allylic oxidation sites excluding steroid dienone is 2. The maximum atomic E-state index is 13.1. The van der Waals surface area contributed by atoms with Gasteiger partial charge in [0.05, 0.1) is 33.2 Å². The maximum Gasteiger partial charge on any atom is 0.416 e. The lowest BCUT2D eigenvalue weighted by Crippen LogP contribution is -2.50. The van der Waals surface area contributed by atoms with Crippen molar-refractivity contribution in [2.24, 2.45) is 11.8 Å². The van der Waals surface area contributed by atoms with Gasteiger partial charge in [0, 0.05) is 0 Å². The first-order chi connectivity index (χ1) is 12.7. The summed E-state index contributed by atoms with van der Waals surface area (Å²) in [5, 5.41) is -0.548. The first-order valence-corrected chi connectivity index (χ1v) is 9.86. The predicted molar refractivity (Wildman–Crippen MR) is 101 cm³/mol.